The summed E-state index contributed by atoms with van der Waals surface area (Å²) < 4.78 is 0. The molecule has 2 aromatic rings. The SMILES string of the molecule is O=C1NC(=Nc2cccc(C(=O)O)c2)S/C1=C/c1cccc([O-])c1. The molecule has 0 saturated carbocycles. The number of carbonyl (C=O) groups is 2. The monoisotopic (exact) mass is 339 g/mol. The number of rotatable bonds is 3. The summed E-state index contributed by atoms with van der Waals surface area (Å²) in [5.74, 6) is -1.49. The zero-order valence-corrected chi connectivity index (χ0v) is 13.0. The molecule has 1 aliphatic rings. The van der Waals surface area contributed by atoms with Crippen molar-refractivity contribution in [1.29, 1.82) is 0 Å². The van der Waals surface area contributed by atoms with Crippen LogP contribution < -0.4 is 10.4 Å². The lowest BCUT2D eigenvalue weighted by molar-refractivity contribution is -0.268. The molecule has 0 unspecified atom stereocenters. The van der Waals surface area contributed by atoms with Gasteiger partial charge < -0.3 is 15.5 Å². The van der Waals surface area contributed by atoms with Gasteiger partial charge in [-0.25, -0.2) is 9.79 Å². The average Bonchev–Trinajstić information content (AvgIpc) is 2.87. The van der Waals surface area contributed by atoms with Crippen molar-refractivity contribution in [3.05, 3.63) is 64.6 Å². The van der Waals surface area contributed by atoms with Crippen LogP contribution in [-0.2, 0) is 4.79 Å². The second-order valence-corrected chi connectivity index (χ2v) is 5.94. The largest absolute Gasteiger partial charge is 0.872 e. The second-order valence-electron chi connectivity index (χ2n) is 4.91. The normalized spacial score (nSPS) is 17.2. The summed E-state index contributed by atoms with van der Waals surface area (Å²) >= 11 is 1.13. The summed E-state index contributed by atoms with van der Waals surface area (Å²) in [6.45, 7) is 0. The van der Waals surface area contributed by atoms with Crippen molar-refractivity contribution in [2.24, 2.45) is 4.99 Å². The Morgan fingerprint density at radius 1 is 1.21 bits per heavy atom. The molecule has 1 saturated heterocycles. The minimum absolute atomic E-state index is 0.120. The lowest BCUT2D eigenvalue weighted by Gasteiger charge is -2.04. The number of hydrogen-bond acceptors (Lipinski definition) is 5. The number of carboxylic acids is 1. The van der Waals surface area contributed by atoms with Crippen molar-refractivity contribution in [2.45, 2.75) is 0 Å². The number of nitrogens with zero attached hydrogens (tertiary/aromatic N) is 1. The molecule has 1 fully saturated rings. The fourth-order valence-corrected chi connectivity index (χ4v) is 2.90. The van der Waals surface area contributed by atoms with Crippen molar-refractivity contribution < 1.29 is 19.8 Å². The first-order valence-corrected chi connectivity index (χ1v) is 7.73. The third-order valence-corrected chi connectivity index (χ3v) is 4.04. The summed E-state index contributed by atoms with van der Waals surface area (Å²) in [4.78, 5) is 27.6. The van der Waals surface area contributed by atoms with Crippen LogP contribution in [0, 0.1) is 0 Å². The van der Waals surface area contributed by atoms with Gasteiger partial charge in [0.2, 0.25) is 0 Å². The number of thioether (sulfide) groups is 1. The van der Waals surface area contributed by atoms with Crippen LogP contribution in [0.25, 0.3) is 6.08 Å². The van der Waals surface area contributed by atoms with E-state index in [9.17, 15) is 14.7 Å². The molecular formula is C17H11N2O4S-. The highest BCUT2D eigenvalue weighted by Crippen LogP contribution is 2.28. The van der Waals surface area contributed by atoms with Gasteiger partial charge in [-0.3, -0.25) is 4.79 Å². The molecule has 0 aliphatic carbocycles. The van der Waals surface area contributed by atoms with Gasteiger partial charge >= 0.3 is 5.97 Å². The maximum atomic E-state index is 12.0. The van der Waals surface area contributed by atoms with Crippen LogP contribution >= 0.6 is 11.8 Å². The van der Waals surface area contributed by atoms with E-state index in [-0.39, 0.29) is 17.2 Å². The molecule has 1 aliphatic heterocycles. The Labute approximate surface area is 141 Å². The zero-order chi connectivity index (χ0) is 17.1. The van der Waals surface area contributed by atoms with Gasteiger partial charge in [0.1, 0.15) is 0 Å². The van der Waals surface area contributed by atoms with Crippen molar-refractivity contribution >= 4 is 40.6 Å². The molecule has 0 bridgehead atoms. The molecule has 3 rings (SSSR count). The minimum atomic E-state index is -1.04. The van der Waals surface area contributed by atoms with E-state index in [1.165, 1.54) is 24.3 Å². The Balaban J connectivity index is 1.84. The lowest BCUT2D eigenvalue weighted by atomic mass is 10.2. The van der Waals surface area contributed by atoms with Crippen LogP contribution in [0.3, 0.4) is 0 Å². The van der Waals surface area contributed by atoms with Gasteiger partial charge in [-0.2, -0.15) is 0 Å². The van der Waals surface area contributed by atoms with E-state index in [1.807, 2.05) is 0 Å². The third-order valence-electron chi connectivity index (χ3n) is 3.13. The Morgan fingerprint density at radius 2 is 2.00 bits per heavy atom. The molecule has 0 radical (unpaired) electrons. The Morgan fingerprint density at radius 3 is 2.75 bits per heavy atom. The molecule has 7 heteroatoms. The summed E-state index contributed by atoms with van der Waals surface area (Å²) in [5, 5.41) is 23.3. The second kappa shape index (κ2) is 6.59. The van der Waals surface area contributed by atoms with Gasteiger partial charge in [0, 0.05) is 0 Å². The van der Waals surface area contributed by atoms with Crippen LogP contribution in [0.15, 0.2) is 58.4 Å². The van der Waals surface area contributed by atoms with Crippen molar-refractivity contribution in [3.63, 3.8) is 0 Å². The van der Waals surface area contributed by atoms with Crippen LogP contribution in [0.5, 0.6) is 5.75 Å². The topological polar surface area (TPSA) is 102 Å². The average molecular weight is 339 g/mol. The fourth-order valence-electron chi connectivity index (χ4n) is 2.06. The lowest BCUT2D eigenvalue weighted by Crippen LogP contribution is -2.19. The molecule has 24 heavy (non-hydrogen) atoms. The summed E-state index contributed by atoms with van der Waals surface area (Å²) in [5.41, 5.74) is 1.18. The van der Waals surface area contributed by atoms with E-state index in [0.717, 1.165) is 11.8 Å². The number of aliphatic imine (C=N–C) groups is 1. The van der Waals surface area contributed by atoms with Crippen LogP contribution in [-0.4, -0.2) is 22.2 Å². The first-order chi connectivity index (χ1) is 11.5. The molecule has 2 N–H and O–H groups in total. The number of amides is 1. The van der Waals surface area contributed by atoms with Gasteiger partial charge in [0.25, 0.3) is 5.91 Å². The molecule has 1 heterocycles. The highest BCUT2D eigenvalue weighted by molar-refractivity contribution is 8.18. The predicted octanol–water partition coefficient (Wildman–Crippen LogP) is 2.35. The summed E-state index contributed by atoms with van der Waals surface area (Å²) in [7, 11) is 0. The van der Waals surface area contributed by atoms with E-state index >= 15 is 0 Å². The van der Waals surface area contributed by atoms with Gasteiger partial charge in [-0.15, -0.1) is 5.75 Å². The molecule has 0 spiro atoms. The maximum Gasteiger partial charge on any atom is 0.335 e. The van der Waals surface area contributed by atoms with E-state index in [2.05, 4.69) is 10.3 Å². The van der Waals surface area contributed by atoms with E-state index < -0.39 is 5.97 Å². The maximum absolute atomic E-state index is 12.0. The number of nitrogens with one attached hydrogen (secondary N) is 1. The molecule has 2 aromatic carbocycles. The molecule has 1 amide bonds. The summed E-state index contributed by atoms with van der Waals surface area (Å²) in [6, 6.07) is 12.3. The Hall–Kier alpha value is -3.06. The van der Waals surface area contributed by atoms with E-state index in [4.69, 9.17) is 5.11 Å². The number of amidine groups is 1. The highest BCUT2D eigenvalue weighted by Gasteiger charge is 2.23. The number of hydrogen-bond donors (Lipinski definition) is 2. The standard InChI is InChI=1S/C17H12N2O4S/c20-13-6-1-3-10(7-13)8-14-15(21)19-17(24-14)18-12-5-2-4-11(9-12)16(22)23/h1-9,20H,(H,22,23)(H,18,19,21)/p-1/b14-8+. The zero-order valence-electron chi connectivity index (χ0n) is 12.2. The highest BCUT2D eigenvalue weighted by atomic mass is 32.2. The molecular weight excluding hydrogens is 328 g/mol. The Kier molecular flexibility index (Phi) is 4.35. The van der Waals surface area contributed by atoms with Gasteiger partial charge in [0.15, 0.2) is 5.17 Å². The predicted molar refractivity (Wildman–Crippen MR) is 90.1 cm³/mol. The molecule has 6 nitrogen and oxygen atoms in total. The Bertz CT molecular complexity index is 890. The van der Waals surface area contributed by atoms with Crippen LogP contribution in [0.2, 0.25) is 0 Å². The third kappa shape index (κ3) is 3.64. The number of carboxylic acid groups (broad SMARTS) is 1. The molecule has 120 valence electrons. The van der Waals surface area contributed by atoms with Crippen LogP contribution in [0.1, 0.15) is 15.9 Å². The quantitative estimate of drug-likeness (QED) is 0.836. The van der Waals surface area contributed by atoms with E-state index in [1.54, 1.807) is 30.3 Å². The molecule has 0 atom stereocenters. The molecule has 0 aromatic heterocycles. The van der Waals surface area contributed by atoms with Crippen molar-refractivity contribution in [1.82, 2.24) is 5.32 Å². The first-order valence-electron chi connectivity index (χ1n) is 6.91. The number of carbonyl (C=O) groups excluding carboxylic acids is 1. The fraction of sp³-hybridized carbons (Fsp3) is 0. The van der Waals surface area contributed by atoms with Crippen molar-refractivity contribution in [3.8, 4) is 5.75 Å². The smallest absolute Gasteiger partial charge is 0.335 e. The number of benzene rings is 2. The first kappa shape index (κ1) is 15.8. The van der Waals surface area contributed by atoms with Gasteiger partial charge in [-0.05, 0) is 41.6 Å². The number of aromatic carboxylic acids is 1. The van der Waals surface area contributed by atoms with Crippen molar-refractivity contribution in [2.75, 3.05) is 0 Å². The van der Waals surface area contributed by atoms with Crippen LogP contribution in [0.4, 0.5) is 5.69 Å². The van der Waals surface area contributed by atoms with E-state index in [0.29, 0.717) is 21.3 Å². The van der Waals surface area contributed by atoms with Gasteiger partial charge in [-0.1, -0.05) is 30.3 Å². The summed E-state index contributed by atoms with van der Waals surface area (Å²) in [6.07, 6.45) is 1.61. The minimum Gasteiger partial charge on any atom is -0.872 e. The van der Waals surface area contributed by atoms with Gasteiger partial charge in [0.05, 0.1) is 16.2 Å².